The van der Waals surface area contributed by atoms with Crippen molar-refractivity contribution in [2.45, 2.75) is 38.5 Å². The van der Waals surface area contributed by atoms with Gasteiger partial charge < -0.3 is 9.64 Å². The minimum Gasteiger partial charge on any atom is -0.490 e. The van der Waals surface area contributed by atoms with Gasteiger partial charge in [0.05, 0.1) is 6.61 Å². The van der Waals surface area contributed by atoms with Crippen molar-refractivity contribution >= 4 is 5.91 Å². The van der Waals surface area contributed by atoms with Crippen molar-refractivity contribution in [1.82, 2.24) is 4.90 Å². The van der Waals surface area contributed by atoms with Gasteiger partial charge in [0.15, 0.2) is 11.6 Å². The van der Waals surface area contributed by atoms with Gasteiger partial charge >= 0.3 is 0 Å². The number of rotatable bonds is 4. The van der Waals surface area contributed by atoms with E-state index in [0.717, 1.165) is 38.8 Å². The first-order valence-electron chi connectivity index (χ1n) is 8.40. The fourth-order valence-corrected chi connectivity index (χ4v) is 3.52. The quantitative estimate of drug-likeness (QED) is 0.850. The summed E-state index contributed by atoms with van der Waals surface area (Å²) in [6.45, 7) is 2.17. The Labute approximate surface area is 131 Å². The molecule has 1 aliphatic carbocycles. The van der Waals surface area contributed by atoms with Crippen LogP contribution in [0.1, 0.15) is 38.5 Å². The number of hydrogen-bond donors (Lipinski definition) is 0. The smallest absolute Gasteiger partial charge is 0.225 e. The topological polar surface area (TPSA) is 29.5 Å². The van der Waals surface area contributed by atoms with Crippen molar-refractivity contribution in [2.75, 3.05) is 19.7 Å². The van der Waals surface area contributed by atoms with E-state index in [1.165, 1.54) is 18.9 Å². The minimum atomic E-state index is -0.309. The molecule has 0 N–H and O–H groups in total. The summed E-state index contributed by atoms with van der Waals surface area (Å²) in [5.74, 6) is 1.05. The van der Waals surface area contributed by atoms with Crippen molar-refractivity contribution in [3.8, 4) is 5.75 Å². The number of ether oxygens (including phenoxy) is 1. The lowest BCUT2D eigenvalue weighted by Crippen LogP contribution is -2.42. The molecule has 1 aliphatic heterocycles. The van der Waals surface area contributed by atoms with Crippen LogP contribution >= 0.6 is 0 Å². The van der Waals surface area contributed by atoms with Gasteiger partial charge in [-0.1, -0.05) is 25.0 Å². The molecule has 1 saturated heterocycles. The molecule has 22 heavy (non-hydrogen) atoms. The molecule has 1 heterocycles. The van der Waals surface area contributed by atoms with Gasteiger partial charge in [0.1, 0.15) is 0 Å². The van der Waals surface area contributed by atoms with Crippen molar-refractivity contribution in [2.24, 2.45) is 11.8 Å². The highest BCUT2D eigenvalue weighted by Gasteiger charge is 2.30. The first kappa shape index (κ1) is 15.3. The average molecular weight is 305 g/mol. The molecule has 120 valence electrons. The second-order valence-electron chi connectivity index (χ2n) is 6.49. The summed E-state index contributed by atoms with van der Waals surface area (Å²) in [6.07, 6.45) is 6.43. The third kappa shape index (κ3) is 3.60. The normalized spacial score (nSPS) is 20.3. The number of benzene rings is 1. The Morgan fingerprint density at radius 3 is 2.50 bits per heavy atom. The van der Waals surface area contributed by atoms with Crippen LogP contribution < -0.4 is 4.74 Å². The second kappa shape index (κ2) is 7.12. The highest BCUT2D eigenvalue weighted by Crippen LogP contribution is 2.28. The number of para-hydroxylation sites is 1. The highest BCUT2D eigenvalue weighted by atomic mass is 19.1. The van der Waals surface area contributed by atoms with Gasteiger partial charge in [-0.3, -0.25) is 4.79 Å². The van der Waals surface area contributed by atoms with Crippen LogP contribution in [0.5, 0.6) is 5.75 Å². The fourth-order valence-electron chi connectivity index (χ4n) is 3.52. The summed E-state index contributed by atoms with van der Waals surface area (Å²) in [4.78, 5) is 14.4. The Kier molecular flexibility index (Phi) is 4.96. The molecule has 0 unspecified atom stereocenters. The molecule has 4 heteroatoms. The number of piperidine rings is 1. The monoisotopic (exact) mass is 305 g/mol. The van der Waals surface area contributed by atoms with Crippen LogP contribution in [-0.2, 0) is 4.79 Å². The number of hydrogen-bond acceptors (Lipinski definition) is 2. The van der Waals surface area contributed by atoms with E-state index in [1.54, 1.807) is 18.2 Å². The lowest BCUT2D eigenvalue weighted by molar-refractivity contribution is -0.136. The number of carbonyl (C=O) groups is 1. The summed E-state index contributed by atoms with van der Waals surface area (Å²) in [5, 5.41) is 0. The van der Waals surface area contributed by atoms with Crippen LogP contribution in [0.3, 0.4) is 0 Å². The molecule has 0 bridgehead atoms. The zero-order valence-corrected chi connectivity index (χ0v) is 13.0. The SMILES string of the molecule is O=C(C1CCCC1)N1CCC(COc2ccccc2F)CC1. The van der Waals surface area contributed by atoms with Gasteiger partial charge in [0.2, 0.25) is 5.91 Å². The van der Waals surface area contributed by atoms with Gasteiger partial charge in [0, 0.05) is 19.0 Å². The Morgan fingerprint density at radius 2 is 1.82 bits per heavy atom. The maximum Gasteiger partial charge on any atom is 0.225 e. The molecule has 2 aliphatic rings. The number of carbonyl (C=O) groups excluding carboxylic acids is 1. The zero-order valence-electron chi connectivity index (χ0n) is 13.0. The van der Waals surface area contributed by atoms with Crippen LogP contribution in [0, 0.1) is 17.7 Å². The molecular formula is C18H24FNO2. The Hall–Kier alpha value is -1.58. The predicted octanol–water partition coefficient (Wildman–Crippen LogP) is 3.63. The average Bonchev–Trinajstić information content (AvgIpc) is 3.08. The van der Waals surface area contributed by atoms with Crippen molar-refractivity contribution in [3.05, 3.63) is 30.1 Å². The number of likely N-dealkylation sites (tertiary alicyclic amines) is 1. The van der Waals surface area contributed by atoms with E-state index >= 15 is 0 Å². The highest BCUT2D eigenvalue weighted by molar-refractivity contribution is 5.79. The van der Waals surface area contributed by atoms with E-state index in [4.69, 9.17) is 4.74 Å². The predicted molar refractivity (Wildman–Crippen MR) is 83.2 cm³/mol. The summed E-state index contributed by atoms with van der Waals surface area (Å²) in [5.41, 5.74) is 0. The summed E-state index contributed by atoms with van der Waals surface area (Å²) in [6, 6.07) is 6.52. The number of nitrogens with zero attached hydrogens (tertiary/aromatic N) is 1. The van der Waals surface area contributed by atoms with E-state index in [2.05, 4.69) is 0 Å². The van der Waals surface area contributed by atoms with Crippen molar-refractivity contribution < 1.29 is 13.9 Å². The number of halogens is 1. The van der Waals surface area contributed by atoms with E-state index in [9.17, 15) is 9.18 Å². The standard InChI is InChI=1S/C18H24FNO2/c19-16-7-3-4-8-17(16)22-13-14-9-11-20(12-10-14)18(21)15-5-1-2-6-15/h3-4,7-8,14-15H,1-2,5-6,9-13H2. The maximum atomic E-state index is 13.5. The van der Waals surface area contributed by atoms with Gasteiger partial charge in [-0.05, 0) is 43.7 Å². The first-order chi connectivity index (χ1) is 10.7. The van der Waals surface area contributed by atoms with Gasteiger partial charge in [-0.25, -0.2) is 4.39 Å². The molecule has 0 spiro atoms. The van der Waals surface area contributed by atoms with E-state index in [-0.39, 0.29) is 11.7 Å². The molecule has 1 aromatic carbocycles. The summed E-state index contributed by atoms with van der Waals surface area (Å²) in [7, 11) is 0. The molecule has 0 radical (unpaired) electrons. The van der Waals surface area contributed by atoms with Crippen molar-refractivity contribution in [3.63, 3.8) is 0 Å². The van der Waals surface area contributed by atoms with Gasteiger partial charge in [-0.15, -0.1) is 0 Å². The molecule has 1 aromatic rings. The maximum absolute atomic E-state index is 13.5. The second-order valence-corrected chi connectivity index (χ2v) is 6.49. The molecule has 0 aromatic heterocycles. The van der Waals surface area contributed by atoms with Crippen LogP contribution in [0.4, 0.5) is 4.39 Å². The van der Waals surface area contributed by atoms with Crippen LogP contribution in [0.2, 0.25) is 0 Å². The van der Waals surface area contributed by atoms with E-state index in [1.807, 2.05) is 4.90 Å². The third-order valence-corrected chi connectivity index (χ3v) is 4.94. The summed E-state index contributed by atoms with van der Waals surface area (Å²) < 4.78 is 19.1. The van der Waals surface area contributed by atoms with Crippen LogP contribution in [0.25, 0.3) is 0 Å². The Bertz CT molecular complexity index is 506. The lowest BCUT2D eigenvalue weighted by atomic mass is 9.96. The molecule has 2 fully saturated rings. The first-order valence-corrected chi connectivity index (χ1v) is 8.40. The molecular weight excluding hydrogens is 281 g/mol. The molecule has 1 saturated carbocycles. The fraction of sp³-hybridized carbons (Fsp3) is 0.611. The Balaban J connectivity index is 1.44. The minimum absolute atomic E-state index is 0.270. The van der Waals surface area contributed by atoms with Gasteiger partial charge in [-0.2, -0.15) is 0 Å². The third-order valence-electron chi connectivity index (χ3n) is 4.94. The van der Waals surface area contributed by atoms with E-state index in [0.29, 0.717) is 24.2 Å². The lowest BCUT2D eigenvalue weighted by Gasteiger charge is -2.33. The molecule has 3 nitrogen and oxygen atoms in total. The molecule has 0 atom stereocenters. The van der Waals surface area contributed by atoms with Crippen LogP contribution in [-0.4, -0.2) is 30.5 Å². The zero-order chi connectivity index (χ0) is 15.4. The largest absolute Gasteiger partial charge is 0.490 e. The molecule has 1 amide bonds. The van der Waals surface area contributed by atoms with Crippen molar-refractivity contribution in [1.29, 1.82) is 0 Å². The van der Waals surface area contributed by atoms with Gasteiger partial charge in [0.25, 0.3) is 0 Å². The molecule has 3 rings (SSSR count). The number of amides is 1. The summed E-state index contributed by atoms with van der Waals surface area (Å²) >= 11 is 0. The van der Waals surface area contributed by atoms with Crippen LogP contribution in [0.15, 0.2) is 24.3 Å². The Morgan fingerprint density at radius 1 is 1.14 bits per heavy atom. The van der Waals surface area contributed by atoms with E-state index < -0.39 is 0 Å².